The van der Waals surface area contributed by atoms with Crippen LogP contribution in [0.4, 0.5) is 0 Å². The van der Waals surface area contributed by atoms with E-state index in [1.165, 1.54) is 0 Å². The molecule has 0 aliphatic carbocycles. The molecule has 1 rings (SSSR count). The molecule has 0 saturated carbocycles. The quantitative estimate of drug-likeness (QED) is 0.476. The minimum atomic E-state index is -1.19. The van der Waals surface area contributed by atoms with E-state index in [2.05, 4.69) is 6.58 Å². The zero-order valence-electron chi connectivity index (χ0n) is 9.78. The first-order valence-corrected chi connectivity index (χ1v) is 5.41. The van der Waals surface area contributed by atoms with Crippen LogP contribution in [0.3, 0.4) is 0 Å². The average Bonchev–Trinajstić information content (AvgIpc) is 2.37. The second-order valence-corrected chi connectivity index (χ2v) is 3.53. The number of aliphatic carboxylic acids is 1. The summed E-state index contributed by atoms with van der Waals surface area (Å²) in [6, 6.07) is 9.21. The summed E-state index contributed by atoms with van der Waals surface area (Å²) in [6.07, 6.45) is 3.30. The number of rotatable bonds is 6. The largest absolute Gasteiger partial charge is 0.478 e. The summed E-state index contributed by atoms with van der Waals surface area (Å²) < 4.78 is 5.17. The van der Waals surface area contributed by atoms with Crippen LogP contribution < -0.4 is 0 Å². The van der Waals surface area contributed by atoms with Crippen LogP contribution in [0.25, 0.3) is 0 Å². The molecule has 0 radical (unpaired) electrons. The Morgan fingerprint density at radius 2 is 1.94 bits per heavy atom. The van der Waals surface area contributed by atoms with Crippen molar-refractivity contribution in [3.05, 3.63) is 60.7 Å². The molecule has 0 saturated heterocycles. The molecule has 1 aromatic carbocycles. The molecular weight excluding hydrogens is 232 g/mol. The standard InChI is InChI=1S/C14H14O4/c1-2-6-12(11-7-4-3-5-8-11)18-14(17)10-9-13(15)16/h2-5,7-10,12H,1,6H2,(H,15,16)/b10-9-. The van der Waals surface area contributed by atoms with Crippen molar-refractivity contribution in [1.82, 2.24) is 0 Å². The Bertz CT molecular complexity index is 448. The van der Waals surface area contributed by atoms with Gasteiger partial charge in [-0.1, -0.05) is 36.4 Å². The molecule has 0 amide bonds. The van der Waals surface area contributed by atoms with Crippen LogP contribution in [0.15, 0.2) is 55.1 Å². The topological polar surface area (TPSA) is 63.6 Å². The van der Waals surface area contributed by atoms with Gasteiger partial charge in [0.2, 0.25) is 0 Å². The highest BCUT2D eigenvalue weighted by molar-refractivity contribution is 5.90. The second kappa shape index (κ2) is 7.06. The van der Waals surface area contributed by atoms with E-state index in [0.29, 0.717) is 6.42 Å². The van der Waals surface area contributed by atoms with E-state index in [-0.39, 0.29) is 0 Å². The molecule has 0 aliphatic rings. The van der Waals surface area contributed by atoms with Gasteiger partial charge in [-0.15, -0.1) is 6.58 Å². The van der Waals surface area contributed by atoms with Crippen molar-refractivity contribution in [3.63, 3.8) is 0 Å². The number of hydrogen-bond acceptors (Lipinski definition) is 3. The summed E-state index contributed by atoms with van der Waals surface area (Å²) in [6.45, 7) is 3.60. The van der Waals surface area contributed by atoms with Gasteiger partial charge in [0.25, 0.3) is 0 Å². The molecule has 0 fully saturated rings. The maximum Gasteiger partial charge on any atom is 0.331 e. The van der Waals surface area contributed by atoms with Crippen LogP contribution in [0.1, 0.15) is 18.1 Å². The van der Waals surface area contributed by atoms with Gasteiger partial charge in [0.15, 0.2) is 0 Å². The molecule has 94 valence electrons. The molecule has 1 unspecified atom stereocenters. The average molecular weight is 246 g/mol. The third kappa shape index (κ3) is 4.65. The highest BCUT2D eigenvalue weighted by atomic mass is 16.5. The lowest BCUT2D eigenvalue weighted by atomic mass is 10.1. The normalized spacial score (nSPS) is 12.0. The molecule has 0 aliphatic heterocycles. The molecular formula is C14H14O4. The Labute approximate surface area is 105 Å². The highest BCUT2D eigenvalue weighted by Gasteiger charge is 2.13. The van der Waals surface area contributed by atoms with Crippen LogP contribution in [0.2, 0.25) is 0 Å². The van der Waals surface area contributed by atoms with Gasteiger partial charge in [-0.3, -0.25) is 0 Å². The fourth-order valence-electron chi connectivity index (χ4n) is 1.39. The van der Waals surface area contributed by atoms with E-state index in [0.717, 1.165) is 17.7 Å². The predicted molar refractivity (Wildman–Crippen MR) is 66.9 cm³/mol. The maximum atomic E-state index is 11.4. The zero-order chi connectivity index (χ0) is 13.4. The summed E-state index contributed by atoms with van der Waals surface area (Å²) in [4.78, 5) is 21.7. The van der Waals surface area contributed by atoms with Crippen molar-refractivity contribution in [1.29, 1.82) is 0 Å². The van der Waals surface area contributed by atoms with Gasteiger partial charge in [-0.05, 0) is 5.56 Å². The van der Waals surface area contributed by atoms with Crippen molar-refractivity contribution in [2.24, 2.45) is 0 Å². The van der Waals surface area contributed by atoms with Gasteiger partial charge >= 0.3 is 11.9 Å². The summed E-state index contributed by atoms with van der Waals surface area (Å²) in [5.41, 5.74) is 0.842. The number of carbonyl (C=O) groups is 2. The van der Waals surface area contributed by atoms with E-state index in [4.69, 9.17) is 9.84 Å². The molecule has 1 atom stereocenters. The van der Waals surface area contributed by atoms with Crippen molar-refractivity contribution in [3.8, 4) is 0 Å². The van der Waals surface area contributed by atoms with Gasteiger partial charge in [0, 0.05) is 18.6 Å². The van der Waals surface area contributed by atoms with Gasteiger partial charge in [0.1, 0.15) is 6.10 Å². The van der Waals surface area contributed by atoms with Crippen molar-refractivity contribution in [2.75, 3.05) is 0 Å². The van der Waals surface area contributed by atoms with E-state index in [9.17, 15) is 9.59 Å². The van der Waals surface area contributed by atoms with Gasteiger partial charge < -0.3 is 9.84 Å². The lowest BCUT2D eigenvalue weighted by molar-refractivity contribution is -0.143. The zero-order valence-corrected chi connectivity index (χ0v) is 9.78. The van der Waals surface area contributed by atoms with Gasteiger partial charge in [-0.2, -0.15) is 0 Å². The number of hydrogen-bond donors (Lipinski definition) is 1. The number of carbonyl (C=O) groups excluding carboxylic acids is 1. The van der Waals surface area contributed by atoms with Crippen molar-refractivity contribution >= 4 is 11.9 Å². The summed E-state index contributed by atoms with van der Waals surface area (Å²) in [7, 11) is 0. The van der Waals surface area contributed by atoms with Crippen LogP contribution in [-0.4, -0.2) is 17.0 Å². The van der Waals surface area contributed by atoms with Crippen LogP contribution in [0, 0.1) is 0 Å². The van der Waals surface area contributed by atoms with Crippen molar-refractivity contribution in [2.45, 2.75) is 12.5 Å². The fraction of sp³-hybridized carbons (Fsp3) is 0.143. The van der Waals surface area contributed by atoms with E-state index in [1.54, 1.807) is 6.08 Å². The van der Waals surface area contributed by atoms with Crippen LogP contribution in [-0.2, 0) is 14.3 Å². The van der Waals surface area contributed by atoms with E-state index < -0.39 is 18.0 Å². The number of esters is 1. The maximum absolute atomic E-state index is 11.4. The van der Waals surface area contributed by atoms with Gasteiger partial charge in [-0.25, -0.2) is 9.59 Å². The van der Waals surface area contributed by atoms with Crippen LogP contribution >= 0.6 is 0 Å². The molecule has 0 bridgehead atoms. The number of benzene rings is 1. The number of carboxylic acid groups (broad SMARTS) is 1. The Hall–Kier alpha value is -2.36. The Kier molecular flexibility index (Phi) is 5.38. The number of ether oxygens (including phenoxy) is 1. The molecule has 4 nitrogen and oxygen atoms in total. The summed E-state index contributed by atoms with van der Waals surface area (Å²) in [5, 5.41) is 8.41. The molecule has 4 heteroatoms. The smallest absolute Gasteiger partial charge is 0.331 e. The lowest BCUT2D eigenvalue weighted by Gasteiger charge is -2.15. The molecule has 0 spiro atoms. The highest BCUT2D eigenvalue weighted by Crippen LogP contribution is 2.21. The Balaban J connectivity index is 2.72. The van der Waals surface area contributed by atoms with Crippen LogP contribution in [0.5, 0.6) is 0 Å². The number of carboxylic acids is 1. The van der Waals surface area contributed by atoms with Gasteiger partial charge in [0.05, 0.1) is 0 Å². The molecule has 1 N–H and O–H groups in total. The predicted octanol–water partition coefficient (Wildman–Crippen LogP) is 2.49. The van der Waals surface area contributed by atoms with E-state index >= 15 is 0 Å². The lowest BCUT2D eigenvalue weighted by Crippen LogP contribution is -2.09. The second-order valence-electron chi connectivity index (χ2n) is 3.53. The fourth-order valence-corrected chi connectivity index (χ4v) is 1.39. The molecule has 0 heterocycles. The third-order valence-corrected chi connectivity index (χ3v) is 2.17. The first-order valence-electron chi connectivity index (χ1n) is 5.41. The monoisotopic (exact) mass is 246 g/mol. The minimum absolute atomic E-state index is 0.449. The summed E-state index contributed by atoms with van der Waals surface area (Å²) in [5.74, 6) is -1.87. The Morgan fingerprint density at radius 3 is 2.50 bits per heavy atom. The SMILES string of the molecule is C=CCC(OC(=O)/C=C\C(=O)O)c1ccccc1. The van der Waals surface area contributed by atoms with E-state index in [1.807, 2.05) is 30.3 Å². The minimum Gasteiger partial charge on any atom is -0.478 e. The molecule has 1 aromatic rings. The molecule has 0 aromatic heterocycles. The first kappa shape index (κ1) is 13.7. The third-order valence-electron chi connectivity index (χ3n) is 2.17. The summed E-state index contributed by atoms with van der Waals surface area (Å²) >= 11 is 0. The molecule has 18 heavy (non-hydrogen) atoms. The Morgan fingerprint density at radius 1 is 1.28 bits per heavy atom. The van der Waals surface area contributed by atoms with Crippen molar-refractivity contribution < 1.29 is 19.4 Å². The first-order chi connectivity index (χ1) is 8.63.